The van der Waals surface area contributed by atoms with Crippen molar-refractivity contribution in [2.45, 2.75) is 25.3 Å². The zero-order chi connectivity index (χ0) is 12.1. The van der Waals surface area contributed by atoms with Crippen LogP contribution >= 0.6 is 11.8 Å². The van der Waals surface area contributed by atoms with E-state index in [4.69, 9.17) is 0 Å². The van der Waals surface area contributed by atoms with E-state index in [9.17, 15) is 0 Å². The van der Waals surface area contributed by atoms with Gasteiger partial charge in [-0.3, -0.25) is 4.68 Å². The van der Waals surface area contributed by atoms with Crippen LogP contribution in [0.5, 0.6) is 0 Å². The average Bonchev–Trinajstić information content (AvgIpc) is 2.72. The van der Waals surface area contributed by atoms with Crippen molar-refractivity contribution >= 4 is 11.8 Å². The van der Waals surface area contributed by atoms with Crippen molar-refractivity contribution in [2.75, 3.05) is 18.1 Å². The second-order valence-electron chi connectivity index (χ2n) is 4.43. The van der Waals surface area contributed by atoms with E-state index in [2.05, 4.69) is 17.0 Å². The third-order valence-corrected chi connectivity index (χ3v) is 4.21. The number of fused-ring (bicyclic) bond motifs is 1. The fourth-order valence-corrected chi connectivity index (χ4v) is 2.99. The monoisotopic (exact) mass is 251 g/mol. The number of aryl methyl sites for hydroxylation is 1. The molecule has 1 atom stereocenters. The fraction of sp³-hybridized carbons (Fsp3) is 0.615. The molecule has 4 heteroatoms. The lowest BCUT2D eigenvalue weighted by atomic mass is 9.93. The molecule has 1 aromatic heterocycles. The predicted octanol–water partition coefficient (Wildman–Crippen LogP) is 2.31. The normalized spacial score (nSPS) is 19.0. The highest BCUT2D eigenvalue weighted by Gasteiger charge is 2.22. The topological polar surface area (TPSA) is 29.9 Å². The molecule has 17 heavy (non-hydrogen) atoms. The van der Waals surface area contributed by atoms with Gasteiger partial charge in [0.15, 0.2) is 0 Å². The predicted molar refractivity (Wildman–Crippen MR) is 74.4 cm³/mol. The molecule has 0 aromatic carbocycles. The van der Waals surface area contributed by atoms with Crippen molar-refractivity contribution in [1.29, 1.82) is 0 Å². The maximum atomic E-state index is 4.36. The van der Waals surface area contributed by atoms with Crippen LogP contribution in [0.25, 0.3) is 0 Å². The molecule has 1 aliphatic carbocycles. The van der Waals surface area contributed by atoms with Gasteiger partial charge in [-0.1, -0.05) is 6.08 Å². The number of thioether (sulfide) groups is 1. The highest BCUT2D eigenvalue weighted by atomic mass is 32.2. The second kappa shape index (κ2) is 6.26. The Labute approximate surface area is 108 Å². The highest BCUT2D eigenvalue weighted by Crippen LogP contribution is 2.28. The first-order valence-corrected chi connectivity index (χ1v) is 7.41. The van der Waals surface area contributed by atoms with Crippen LogP contribution in [0, 0.1) is 0 Å². The Morgan fingerprint density at radius 1 is 1.71 bits per heavy atom. The molecule has 0 saturated carbocycles. The zero-order valence-electron chi connectivity index (χ0n) is 10.5. The van der Waals surface area contributed by atoms with E-state index in [0.717, 1.165) is 18.1 Å². The highest BCUT2D eigenvalue weighted by molar-refractivity contribution is 7.99. The third-order valence-electron chi connectivity index (χ3n) is 3.25. The maximum Gasteiger partial charge on any atom is 0.0540 e. The van der Waals surface area contributed by atoms with Gasteiger partial charge in [-0.2, -0.15) is 16.9 Å². The van der Waals surface area contributed by atoms with E-state index in [1.165, 1.54) is 30.5 Å². The molecule has 0 spiro atoms. The van der Waals surface area contributed by atoms with E-state index in [1.807, 2.05) is 35.8 Å². The molecule has 1 heterocycles. The molecule has 0 amide bonds. The van der Waals surface area contributed by atoms with Gasteiger partial charge >= 0.3 is 0 Å². The summed E-state index contributed by atoms with van der Waals surface area (Å²) in [5.41, 5.74) is 2.82. The minimum Gasteiger partial charge on any atom is -0.309 e. The summed E-state index contributed by atoms with van der Waals surface area (Å²) in [5, 5.41) is 8.01. The van der Waals surface area contributed by atoms with E-state index in [0.29, 0.717) is 6.04 Å². The van der Waals surface area contributed by atoms with Gasteiger partial charge in [0.1, 0.15) is 0 Å². The molecule has 0 aliphatic heterocycles. The van der Waals surface area contributed by atoms with Gasteiger partial charge in [-0.05, 0) is 19.3 Å². The Morgan fingerprint density at radius 2 is 2.59 bits per heavy atom. The standard InChI is InChI=1S/C13H21N3S/c1-3-8-17-9-7-14-12-5-4-6-13-11(12)10-15-16(13)2/h3,10,12,14H,1,4-9H2,2H3. The number of aromatic nitrogens is 2. The molecular formula is C13H21N3S. The van der Waals surface area contributed by atoms with Gasteiger partial charge in [0.2, 0.25) is 0 Å². The first-order valence-electron chi connectivity index (χ1n) is 6.25. The number of hydrogen-bond acceptors (Lipinski definition) is 3. The van der Waals surface area contributed by atoms with Gasteiger partial charge in [0, 0.05) is 42.4 Å². The van der Waals surface area contributed by atoms with Crippen LogP contribution in [0.15, 0.2) is 18.9 Å². The van der Waals surface area contributed by atoms with Crippen LogP contribution in [0.4, 0.5) is 0 Å². The molecule has 0 saturated heterocycles. The fourth-order valence-electron chi connectivity index (χ4n) is 2.39. The van der Waals surface area contributed by atoms with Crippen LogP contribution in [0.3, 0.4) is 0 Å². The van der Waals surface area contributed by atoms with Gasteiger partial charge in [-0.15, -0.1) is 6.58 Å². The summed E-state index contributed by atoms with van der Waals surface area (Å²) >= 11 is 1.93. The maximum absolute atomic E-state index is 4.36. The summed E-state index contributed by atoms with van der Waals surface area (Å²) in [6.45, 7) is 4.80. The molecule has 0 radical (unpaired) electrons. The Hall–Kier alpha value is -0.740. The SMILES string of the molecule is C=CCSCCNC1CCCc2c1cnn2C. The minimum absolute atomic E-state index is 0.511. The van der Waals surface area contributed by atoms with Crippen LogP contribution in [0.1, 0.15) is 30.1 Å². The first kappa shape index (κ1) is 12.7. The van der Waals surface area contributed by atoms with E-state index in [1.54, 1.807) is 0 Å². The lowest BCUT2D eigenvalue weighted by Gasteiger charge is -2.23. The molecule has 3 nitrogen and oxygen atoms in total. The number of nitrogens with zero attached hydrogens (tertiary/aromatic N) is 2. The lowest BCUT2D eigenvalue weighted by molar-refractivity contribution is 0.465. The smallest absolute Gasteiger partial charge is 0.0540 e. The Balaban J connectivity index is 1.84. The zero-order valence-corrected chi connectivity index (χ0v) is 11.3. The molecule has 94 valence electrons. The first-order chi connectivity index (χ1) is 8.33. The van der Waals surface area contributed by atoms with Crippen LogP contribution < -0.4 is 5.32 Å². The van der Waals surface area contributed by atoms with Gasteiger partial charge < -0.3 is 5.32 Å². The molecule has 0 fully saturated rings. The molecular weight excluding hydrogens is 230 g/mol. The van der Waals surface area contributed by atoms with Crippen LogP contribution in [-0.2, 0) is 13.5 Å². The van der Waals surface area contributed by atoms with E-state index in [-0.39, 0.29) is 0 Å². The Morgan fingerprint density at radius 3 is 3.41 bits per heavy atom. The van der Waals surface area contributed by atoms with Crippen LogP contribution in [-0.4, -0.2) is 27.8 Å². The van der Waals surface area contributed by atoms with Crippen molar-refractivity contribution in [1.82, 2.24) is 15.1 Å². The molecule has 1 aromatic rings. The van der Waals surface area contributed by atoms with Gasteiger partial charge in [0.25, 0.3) is 0 Å². The quantitative estimate of drug-likeness (QED) is 0.621. The summed E-state index contributed by atoms with van der Waals surface area (Å²) in [6.07, 6.45) is 7.68. The van der Waals surface area contributed by atoms with E-state index < -0.39 is 0 Å². The van der Waals surface area contributed by atoms with E-state index >= 15 is 0 Å². The minimum atomic E-state index is 0.511. The van der Waals surface area contributed by atoms with Crippen LogP contribution in [0.2, 0.25) is 0 Å². The molecule has 2 rings (SSSR count). The average molecular weight is 251 g/mol. The summed E-state index contributed by atoms with van der Waals surface area (Å²) < 4.78 is 2.02. The van der Waals surface area contributed by atoms with Crippen molar-refractivity contribution in [3.05, 3.63) is 30.1 Å². The summed E-state index contributed by atoms with van der Waals surface area (Å²) in [5.74, 6) is 2.20. The Bertz CT molecular complexity index is 373. The van der Waals surface area contributed by atoms with Crippen molar-refractivity contribution in [3.63, 3.8) is 0 Å². The molecule has 0 bridgehead atoms. The number of rotatable bonds is 6. The largest absolute Gasteiger partial charge is 0.309 e. The van der Waals surface area contributed by atoms with Crippen molar-refractivity contribution in [3.8, 4) is 0 Å². The number of nitrogens with one attached hydrogen (secondary N) is 1. The van der Waals surface area contributed by atoms with Gasteiger partial charge in [-0.25, -0.2) is 0 Å². The third kappa shape index (κ3) is 3.13. The summed E-state index contributed by atoms with van der Waals surface area (Å²) in [7, 11) is 2.04. The number of hydrogen-bond donors (Lipinski definition) is 1. The Kier molecular flexibility index (Phi) is 4.68. The molecule has 1 aliphatic rings. The van der Waals surface area contributed by atoms with Gasteiger partial charge in [0.05, 0.1) is 6.20 Å². The molecule has 1 N–H and O–H groups in total. The second-order valence-corrected chi connectivity index (χ2v) is 5.58. The van der Waals surface area contributed by atoms with Crippen molar-refractivity contribution < 1.29 is 0 Å². The lowest BCUT2D eigenvalue weighted by Crippen LogP contribution is -2.27. The molecule has 1 unspecified atom stereocenters. The summed E-state index contributed by atoms with van der Waals surface area (Å²) in [4.78, 5) is 0. The van der Waals surface area contributed by atoms with Crippen molar-refractivity contribution in [2.24, 2.45) is 7.05 Å². The summed E-state index contributed by atoms with van der Waals surface area (Å²) in [6, 6.07) is 0.511.